The predicted molar refractivity (Wildman–Crippen MR) is 75.1 cm³/mol. The average Bonchev–Trinajstić information content (AvgIpc) is 2.66. The van der Waals surface area contributed by atoms with Crippen LogP contribution in [0.1, 0.15) is 10.4 Å². The molecule has 0 atom stereocenters. The lowest BCUT2D eigenvalue weighted by Crippen LogP contribution is -1.90. The van der Waals surface area contributed by atoms with E-state index < -0.39 is 0 Å². The molecule has 3 rings (SSSR count). The molecule has 0 amide bonds. The van der Waals surface area contributed by atoms with Crippen molar-refractivity contribution in [1.29, 1.82) is 0 Å². The fourth-order valence-electron chi connectivity index (χ4n) is 1.82. The summed E-state index contributed by atoms with van der Waals surface area (Å²) < 4.78 is 0. The van der Waals surface area contributed by atoms with Crippen LogP contribution in [0, 0.1) is 13.8 Å². The van der Waals surface area contributed by atoms with E-state index in [4.69, 9.17) is 11.6 Å². The third kappa shape index (κ3) is 1.78. The number of fused-ring (bicyclic) bond motifs is 1. The molecule has 3 aromatic rings. The molecule has 0 fully saturated rings. The molecule has 0 saturated carbocycles. The quantitative estimate of drug-likeness (QED) is 0.630. The van der Waals surface area contributed by atoms with Gasteiger partial charge in [0.15, 0.2) is 5.82 Å². The Morgan fingerprint density at radius 1 is 1.22 bits per heavy atom. The Balaban J connectivity index is 2.28. The summed E-state index contributed by atoms with van der Waals surface area (Å²) >= 11 is 7.91. The summed E-state index contributed by atoms with van der Waals surface area (Å²) in [6.07, 6.45) is 3.47. The van der Waals surface area contributed by atoms with E-state index in [1.54, 1.807) is 23.7 Å². The van der Waals surface area contributed by atoms with Gasteiger partial charge in [-0.25, -0.2) is 9.97 Å². The number of pyridine rings is 1. The van der Waals surface area contributed by atoms with Gasteiger partial charge in [0.25, 0.3) is 0 Å². The van der Waals surface area contributed by atoms with Crippen LogP contribution in [0.3, 0.4) is 0 Å². The molecule has 0 radical (unpaired) electrons. The van der Waals surface area contributed by atoms with Crippen molar-refractivity contribution in [2.45, 2.75) is 13.8 Å². The van der Waals surface area contributed by atoms with E-state index >= 15 is 0 Å². The Bertz CT molecular complexity index is 722. The fraction of sp³-hybridized carbons (Fsp3) is 0.154. The van der Waals surface area contributed by atoms with Crippen molar-refractivity contribution in [2.24, 2.45) is 0 Å². The molecule has 0 unspecified atom stereocenters. The molecule has 3 nitrogen and oxygen atoms in total. The Morgan fingerprint density at radius 3 is 2.78 bits per heavy atom. The minimum atomic E-state index is 0.515. The van der Waals surface area contributed by atoms with Crippen LogP contribution in [0.25, 0.3) is 21.6 Å². The molecule has 0 aliphatic heterocycles. The molecule has 0 bridgehead atoms. The molecular formula is C13H10ClN3S. The van der Waals surface area contributed by atoms with Crippen LogP contribution in [-0.4, -0.2) is 15.0 Å². The van der Waals surface area contributed by atoms with Gasteiger partial charge in [0.1, 0.15) is 9.98 Å². The standard InChI is InChI=1S/C13H10ClN3S/c1-7-8(2)18-13-10(7)11(14)16-12(17-13)9-4-3-5-15-6-9/h3-6H,1-2H3. The summed E-state index contributed by atoms with van der Waals surface area (Å²) in [5, 5.41) is 1.48. The summed E-state index contributed by atoms with van der Waals surface area (Å²) in [7, 11) is 0. The smallest absolute Gasteiger partial charge is 0.164 e. The van der Waals surface area contributed by atoms with Crippen molar-refractivity contribution in [3.63, 3.8) is 0 Å². The molecule has 0 saturated heterocycles. The van der Waals surface area contributed by atoms with Gasteiger partial charge in [0, 0.05) is 22.8 Å². The van der Waals surface area contributed by atoms with Crippen LogP contribution >= 0.6 is 22.9 Å². The first kappa shape index (κ1) is 11.6. The average molecular weight is 276 g/mol. The molecule has 0 aliphatic rings. The number of hydrogen-bond donors (Lipinski definition) is 0. The molecule has 3 heterocycles. The van der Waals surface area contributed by atoms with E-state index in [9.17, 15) is 0 Å². The van der Waals surface area contributed by atoms with Crippen LogP contribution in [0.2, 0.25) is 5.15 Å². The molecular weight excluding hydrogens is 266 g/mol. The zero-order valence-corrected chi connectivity index (χ0v) is 11.5. The van der Waals surface area contributed by atoms with E-state index in [0.29, 0.717) is 11.0 Å². The topological polar surface area (TPSA) is 38.7 Å². The molecule has 0 aromatic carbocycles. The van der Waals surface area contributed by atoms with Gasteiger partial charge in [-0.05, 0) is 31.5 Å². The summed E-state index contributed by atoms with van der Waals surface area (Å²) in [6.45, 7) is 4.12. The van der Waals surface area contributed by atoms with Gasteiger partial charge in [0.2, 0.25) is 0 Å². The number of rotatable bonds is 1. The maximum Gasteiger partial charge on any atom is 0.164 e. The Kier molecular flexibility index (Phi) is 2.76. The minimum Gasteiger partial charge on any atom is -0.264 e. The number of hydrogen-bond acceptors (Lipinski definition) is 4. The summed E-state index contributed by atoms with van der Waals surface area (Å²) in [4.78, 5) is 15.2. The van der Waals surface area contributed by atoms with E-state index in [1.807, 2.05) is 19.1 Å². The SMILES string of the molecule is Cc1sc2nc(-c3cccnc3)nc(Cl)c2c1C. The highest BCUT2D eigenvalue weighted by molar-refractivity contribution is 7.18. The van der Waals surface area contributed by atoms with Gasteiger partial charge in [-0.2, -0.15) is 0 Å². The zero-order valence-electron chi connectivity index (χ0n) is 9.94. The molecule has 90 valence electrons. The van der Waals surface area contributed by atoms with E-state index in [1.165, 1.54) is 4.88 Å². The lowest BCUT2D eigenvalue weighted by atomic mass is 10.2. The number of aryl methyl sites for hydroxylation is 2. The van der Waals surface area contributed by atoms with E-state index in [-0.39, 0.29) is 0 Å². The highest BCUT2D eigenvalue weighted by Crippen LogP contribution is 2.34. The van der Waals surface area contributed by atoms with Crippen molar-refractivity contribution in [2.75, 3.05) is 0 Å². The highest BCUT2D eigenvalue weighted by atomic mass is 35.5. The number of aromatic nitrogens is 3. The third-order valence-corrected chi connectivity index (χ3v) is 4.28. The Labute approximate surface area is 114 Å². The van der Waals surface area contributed by atoms with Gasteiger partial charge in [-0.15, -0.1) is 11.3 Å². The lowest BCUT2D eigenvalue weighted by Gasteiger charge is -2.01. The first-order valence-corrected chi connectivity index (χ1v) is 6.70. The lowest BCUT2D eigenvalue weighted by molar-refractivity contribution is 1.21. The maximum absolute atomic E-state index is 6.27. The van der Waals surface area contributed by atoms with Crippen molar-refractivity contribution in [1.82, 2.24) is 15.0 Å². The molecule has 5 heteroatoms. The van der Waals surface area contributed by atoms with Crippen LogP contribution < -0.4 is 0 Å². The fourth-order valence-corrected chi connectivity index (χ4v) is 3.22. The molecule has 0 N–H and O–H groups in total. The number of thiophene rings is 1. The minimum absolute atomic E-state index is 0.515. The van der Waals surface area contributed by atoms with Crippen molar-refractivity contribution in [3.8, 4) is 11.4 Å². The monoisotopic (exact) mass is 275 g/mol. The van der Waals surface area contributed by atoms with Gasteiger partial charge in [-0.3, -0.25) is 4.98 Å². The van der Waals surface area contributed by atoms with E-state index in [2.05, 4.69) is 21.9 Å². The van der Waals surface area contributed by atoms with E-state index in [0.717, 1.165) is 21.3 Å². The largest absolute Gasteiger partial charge is 0.264 e. The first-order chi connectivity index (χ1) is 8.66. The highest BCUT2D eigenvalue weighted by Gasteiger charge is 2.13. The zero-order chi connectivity index (χ0) is 12.7. The van der Waals surface area contributed by atoms with Gasteiger partial charge >= 0.3 is 0 Å². The third-order valence-electron chi connectivity index (χ3n) is 2.90. The van der Waals surface area contributed by atoms with Crippen LogP contribution in [0.15, 0.2) is 24.5 Å². The molecule has 0 aliphatic carbocycles. The molecule has 0 spiro atoms. The molecule has 18 heavy (non-hydrogen) atoms. The molecule has 3 aromatic heterocycles. The van der Waals surface area contributed by atoms with Crippen molar-refractivity contribution < 1.29 is 0 Å². The van der Waals surface area contributed by atoms with Gasteiger partial charge < -0.3 is 0 Å². The second-order valence-electron chi connectivity index (χ2n) is 4.04. The van der Waals surface area contributed by atoms with Gasteiger partial charge in [-0.1, -0.05) is 11.6 Å². The second-order valence-corrected chi connectivity index (χ2v) is 5.60. The number of halogens is 1. The second kappa shape index (κ2) is 4.30. The van der Waals surface area contributed by atoms with Gasteiger partial charge in [0.05, 0.1) is 5.39 Å². The predicted octanol–water partition coefficient (Wildman–Crippen LogP) is 4.02. The van der Waals surface area contributed by atoms with Crippen LogP contribution in [-0.2, 0) is 0 Å². The normalized spacial score (nSPS) is 11.1. The number of nitrogens with zero attached hydrogens (tertiary/aromatic N) is 3. The van der Waals surface area contributed by atoms with Crippen LogP contribution in [0.5, 0.6) is 0 Å². The first-order valence-electron chi connectivity index (χ1n) is 5.50. The summed E-state index contributed by atoms with van der Waals surface area (Å²) in [5.41, 5.74) is 2.04. The van der Waals surface area contributed by atoms with Crippen LogP contribution in [0.4, 0.5) is 0 Å². The summed E-state index contributed by atoms with van der Waals surface area (Å²) in [6, 6.07) is 3.79. The summed E-state index contributed by atoms with van der Waals surface area (Å²) in [5.74, 6) is 0.627. The maximum atomic E-state index is 6.27. The van der Waals surface area contributed by atoms with Crippen molar-refractivity contribution in [3.05, 3.63) is 40.1 Å². The Hall–Kier alpha value is -1.52. The van der Waals surface area contributed by atoms with Crippen molar-refractivity contribution >= 4 is 33.2 Å². The Morgan fingerprint density at radius 2 is 2.06 bits per heavy atom.